The van der Waals surface area contributed by atoms with Gasteiger partial charge >= 0.3 is 0 Å². The summed E-state index contributed by atoms with van der Waals surface area (Å²) < 4.78 is 13.5. The van der Waals surface area contributed by atoms with Gasteiger partial charge in [0.15, 0.2) is 0 Å². The maximum absolute atomic E-state index is 13.5. The van der Waals surface area contributed by atoms with Crippen molar-refractivity contribution in [2.24, 2.45) is 5.73 Å². The van der Waals surface area contributed by atoms with E-state index in [4.69, 9.17) is 17.3 Å². The molecule has 0 bridgehead atoms. The minimum Gasteiger partial charge on any atom is -0.330 e. The molecule has 1 nitrogen and oxygen atoms in total. The van der Waals surface area contributed by atoms with E-state index in [9.17, 15) is 4.39 Å². The monoisotopic (exact) mass is 227 g/mol. The number of hydrogen-bond donors (Lipinski definition) is 1. The van der Waals surface area contributed by atoms with Gasteiger partial charge in [-0.1, -0.05) is 11.6 Å². The van der Waals surface area contributed by atoms with Crippen LogP contribution in [0.15, 0.2) is 6.07 Å². The first-order chi connectivity index (χ1) is 7.02. The van der Waals surface area contributed by atoms with Crippen LogP contribution in [-0.2, 0) is 5.41 Å². The molecule has 15 heavy (non-hydrogen) atoms. The van der Waals surface area contributed by atoms with Crippen LogP contribution in [0.25, 0.3) is 0 Å². The number of rotatable bonds is 2. The molecule has 1 aromatic carbocycles. The Morgan fingerprint density at radius 3 is 2.53 bits per heavy atom. The van der Waals surface area contributed by atoms with Crippen molar-refractivity contribution in [1.29, 1.82) is 0 Å². The van der Waals surface area contributed by atoms with Crippen LogP contribution in [0, 0.1) is 19.7 Å². The summed E-state index contributed by atoms with van der Waals surface area (Å²) in [5.41, 5.74) is 8.68. The van der Waals surface area contributed by atoms with Gasteiger partial charge in [-0.2, -0.15) is 0 Å². The quantitative estimate of drug-likeness (QED) is 0.826. The van der Waals surface area contributed by atoms with E-state index in [1.807, 2.05) is 13.8 Å². The number of benzene rings is 1. The van der Waals surface area contributed by atoms with Gasteiger partial charge in [-0.25, -0.2) is 4.39 Å². The van der Waals surface area contributed by atoms with Crippen molar-refractivity contribution in [2.75, 3.05) is 6.54 Å². The fraction of sp³-hybridized carbons (Fsp3) is 0.500. The molecule has 0 radical (unpaired) electrons. The number of nitrogens with two attached hydrogens (primary N) is 1. The van der Waals surface area contributed by atoms with Gasteiger partial charge < -0.3 is 5.73 Å². The Hall–Kier alpha value is -0.600. The van der Waals surface area contributed by atoms with Crippen molar-refractivity contribution >= 4 is 11.6 Å². The highest BCUT2D eigenvalue weighted by molar-refractivity contribution is 6.31. The highest BCUT2D eigenvalue weighted by Crippen LogP contribution is 2.51. The minimum atomic E-state index is -0.325. The average molecular weight is 228 g/mol. The second-order valence-corrected chi connectivity index (χ2v) is 4.85. The summed E-state index contributed by atoms with van der Waals surface area (Å²) in [5, 5.41) is 0.265. The normalized spacial score (nSPS) is 17.9. The first-order valence-electron chi connectivity index (χ1n) is 5.17. The first kappa shape index (κ1) is 10.9. The molecule has 1 aliphatic rings. The van der Waals surface area contributed by atoms with E-state index in [1.54, 1.807) is 0 Å². The van der Waals surface area contributed by atoms with Crippen molar-refractivity contribution in [3.05, 3.63) is 33.6 Å². The standard InChI is InChI=1S/C12H15ClFN/c1-7-5-9(14)11(13)10(8(7)2)12(6-15)3-4-12/h5H,3-4,6,15H2,1-2H3. The lowest BCUT2D eigenvalue weighted by atomic mass is 9.89. The molecule has 0 amide bonds. The summed E-state index contributed by atoms with van der Waals surface area (Å²) in [6, 6.07) is 1.49. The van der Waals surface area contributed by atoms with Crippen molar-refractivity contribution in [3.8, 4) is 0 Å². The van der Waals surface area contributed by atoms with E-state index >= 15 is 0 Å². The lowest BCUT2D eigenvalue weighted by molar-refractivity contribution is 0.613. The maximum Gasteiger partial charge on any atom is 0.142 e. The van der Waals surface area contributed by atoms with Crippen LogP contribution in [0.3, 0.4) is 0 Å². The molecule has 1 aliphatic carbocycles. The highest BCUT2D eigenvalue weighted by Gasteiger charge is 2.45. The van der Waals surface area contributed by atoms with Gasteiger partial charge in [0.2, 0.25) is 0 Å². The minimum absolute atomic E-state index is 0.0476. The van der Waals surface area contributed by atoms with Crippen LogP contribution >= 0.6 is 11.6 Å². The summed E-state index contributed by atoms with van der Waals surface area (Å²) in [6.45, 7) is 4.45. The van der Waals surface area contributed by atoms with E-state index in [1.165, 1.54) is 6.07 Å². The van der Waals surface area contributed by atoms with Crippen molar-refractivity contribution in [3.63, 3.8) is 0 Å². The summed E-state index contributed by atoms with van der Waals surface area (Å²) in [5.74, 6) is -0.325. The Morgan fingerprint density at radius 2 is 2.07 bits per heavy atom. The van der Waals surface area contributed by atoms with Crippen LogP contribution in [-0.4, -0.2) is 6.54 Å². The van der Waals surface area contributed by atoms with Gasteiger partial charge in [0, 0.05) is 12.0 Å². The molecule has 2 rings (SSSR count). The lowest BCUT2D eigenvalue weighted by Crippen LogP contribution is -2.22. The SMILES string of the molecule is Cc1cc(F)c(Cl)c(C2(CN)CC2)c1C. The predicted octanol–water partition coefficient (Wildman–Crippen LogP) is 3.09. The van der Waals surface area contributed by atoms with Gasteiger partial charge in [-0.05, 0) is 49.4 Å². The molecule has 0 unspecified atom stereocenters. The molecule has 82 valence electrons. The molecule has 2 N–H and O–H groups in total. The molecule has 3 heteroatoms. The van der Waals surface area contributed by atoms with Gasteiger partial charge in [0.1, 0.15) is 5.82 Å². The topological polar surface area (TPSA) is 26.0 Å². The third-order valence-electron chi connectivity index (χ3n) is 3.51. The zero-order valence-corrected chi connectivity index (χ0v) is 9.79. The van der Waals surface area contributed by atoms with E-state index in [2.05, 4.69) is 0 Å². The first-order valence-corrected chi connectivity index (χ1v) is 5.55. The fourth-order valence-electron chi connectivity index (χ4n) is 2.18. The van der Waals surface area contributed by atoms with Crippen LogP contribution in [0.5, 0.6) is 0 Å². The van der Waals surface area contributed by atoms with Crippen molar-refractivity contribution in [2.45, 2.75) is 32.1 Å². The largest absolute Gasteiger partial charge is 0.330 e. The Bertz CT molecular complexity index is 384. The van der Waals surface area contributed by atoms with E-state index < -0.39 is 0 Å². The molecule has 0 atom stereocenters. The second-order valence-electron chi connectivity index (χ2n) is 4.47. The van der Waals surface area contributed by atoms with Gasteiger partial charge in [-0.15, -0.1) is 0 Å². The number of halogens is 2. The van der Waals surface area contributed by atoms with Gasteiger partial charge in [0.05, 0.1) is 5.02 Å². The molecule has 1 saturated carbocycles. The van der Waals surface area contributed by atoms with Crippen LogP contribution < -0.4 is 5.73 Å². The Labute approximate surface area is 94.4 Å². The van der Waals surface area contributed by atoms with Crippen LogP contribution in [0.4, 0.5) is 4.39 Å². The summed E-state index contributed by atoms with van der Waals surface area (Å²) >= 11 is 6.04. The summed E-state index contributed by atoms with van der Waals surface area (Å²) in [4.78, 5) is 0. The fourth-order valence-corrected chi connectivity index (χ4v) is 2.58. The molecule has 1 fully saturated rings. The molecule has 0 spiro atoms. The molecule has 0 aromatic heterocycles. The molecule has 0 saturated heterocycles. The zero-order chi connectivity index (χ0) is 11.2. The third kappa shape index (κ3) is 1.56. The molecular formula is C12H15ClFN. The lowest BCUT2D eigenvalue weighted by Gasteiger charge is -2.19. The highest BCUT2D eigenvalue weighted by atomic mass is 35.5. The average Bonchev–Trinajstić information content (AvgIpc) is 2.96. The Kier molecular flexibility index (Phi) is 2.52. The summed E-state index contributed by atoms with van der Waals surface area (Å²) in [7, 11) is 0. The van der Waals surface area contributed by atoms with Crippen LogP contribution in [0.1, 0.15) is 29.5 Å². The molecular weight excluding hydrogens is 213 g/mol. The maximum atomic E-state index is 13.5. The zero-order valence-electron chi connectivity index (χ0n) is 9.03. The van der Waals surface area contributed by atoms with E-state index in [0.29, 0.717) is 6.54 Å². The van der Waals surface area contributed by atoms with Crippen molar-refractivity contribution in [1.82, 2.24) is 0 Å². The van der Waals surface area contributed by atoms with Gasteiger partial charge in [0.25, 0.3) is 0 Å². The Morgan fingerprint density at radius 1 is 1.47 bits per heavy atom. The number of hydrogen-bond acceptors (Lipinski definition) is 1. The Balaban J connectivity index is 2.64. The van der Waals surface area contributed by atoms with E-state index in [0.717, 1.165) is 29.5 Å². The summed E-state index contributed by atoms with van der Waals surface area (Å²) in [6.07, 6.45) is 2.04. The van der Waals surface area contributed by atoms with Gasteiger partial charge in [-0.3, -0.25) is 0 Å². The van der Waals surface area contributed by atoms with E-state index in [-0.39, 0.29) is 16.3 Å². The molecule has 1 aromatic rings. The molecule has 0 aliphatic heterocycles. The van der Waals surface area contributed by atoms with Crippen LogP contribution in [0.2, 0.25) is 5.02 Å². The third-order valence-corrected chi connectivity index (χ3v) is 3.88. The number of aryl methyl sites for hydroxylation is 1. The molecule has 0 heterocycles. The predicted molar refractivity (Wildman–Crippen MR) is 60.9 cm³/mol. The second kappa shape index (κ2) is 3.46. The smallest absolute Gasteiger partial charge is 0.142 e. The van der Waals surface area contributed by atoms with Crippen molar-refractivity contribution < 1.29 is 4.39 Å².